The van der Waals surface area contributed by atoms with Gasteiger partial charge in [-0.05, 0) is 56.0 Å². The molecule has 2 aromatic heterocycles. The van der Waals surface area contributed by atoms with Gasteiger partial charge in [-0.3, -0.25) is 14.8 Å². The number of amides is 2. The number of rotatable bonds is 2. The van der Waals surface area contributed by atoms with E-state index in [1.54, 1.807) is 11.0 Å². The second kappa shape index (κ2) is 8.63. The summed E-state index contributed by atoms with van der Waals surface area (Å²) in [5, 5.41) is 10.8. The molecule has 1 saturated heterocycles. The molecule has 7 nitrogen and oxygen atoms in total. The van der Waals surface area contributed by atoms with Gasteiger partial charge in [0, 0.05) is 60.1 Å². The molecule has 0 bridgehead atoms. The van der Waals surface area contributed by atoms with E-state index in [0.29, 0.717) is 36.6 Å². The summed E-state index contributed by atoms with van der Waals surface area (Å²) in [6.07, 6.45) is 3.47. The molecule has 0 spiro atoms. The van der Waals surface area contributed by atoms with Crippen molar-refractivity contribution in [2.45, 2.75) is 38.1 Å². The van der Waals surface area contributed by atoms with Gasteiger partial charge in [-0.2, -0.15) is 0 Å². The molecule has 170 valence electrons. The van der Waals surface area contributed by atoms with Crippen LogP contribution in [0.2, 0.25) is 5.02 Å². The molecular formula is C25H25ClN4O3. The minimum atomic E-state index is -0.952. The van der Waals surface area contributed by atoms with Crippen LogP contribution in [0, 0.1) is 0 Å². The van der Waals surface area contributed by atoms with E-state index in [-0.39, 0.29) is 11.9 Å². The zero-order valence-corrected chi connectivity index (χ0v) is 19.1. The highest BCUT2D eigenvalue weighted by Crippen LogP contribution is 2.37. The average molecular weight is 465 g/mol. The van der Waals surface area contributed by atoms with Gasteiger partial charge in [0.05, 0.1) is 10.5 Å². The topological polar surface area (TPSA) is 86.6 Å². The molecule has 33 heavy (non-hydrogen) atoms. The number of carboxylic acid groups (broad SMARTS) is 1. The second-order valence-electron chi connectivity index (χ2n) is 8.85. The van der Waals surface area contributed by atoms with Crippen molar-refractivity contribution in [2.24, 2.45) is 0 Å². The molecule has 1 aliphatic heterocycles. The van der Waals surface area contributed by atoms with Crippen LogP contribution in [0.5, 0.6) is 0 Å². The maximum absolute atomic E-state index is 13.2. The first kappa shape index (κ1) is 21.6. The SMILES string of the molecule is C[C@H]1CN(C(=O)O)CCN1C(=O)c1ccc2c(Cl)c3c(nc2c1)CC(c1ccccn1)CC3. The van der Waals surface area contributed by atoms with Gasteiger partial charge in [0.15, 0.2) is 0 Å². The maximum Gasteiger partial charge on any atom is 0.407 e. The number of carbonyl (C=O) groups excluding carboxylic acids is 1. The van der Waals surface area contributed by atoms with Crippen molar-refractivity contribution in [1.82, 2.24) is 19.8 Å². The number of aromatic nitrogens is 2. The molecule has 1 unspecified atom stereocenters. The molecule has 3 heterocycles. The molecule has 8 heteroatoms. The van der Waals surface area contributed by atoms with Crippen LogP contribution in [0.25, 0.3) is 10.9 Å². The fourth-order valence-electron chi connectivity index (χ4n) is 4.99. The summed E-state index contributed by atoms with van der Waals surface area (Å²) in [6.45, 7) is 2.86. The zero-order chi connectivity index (χ0) is 23.1. The van der Waals surface area contributed by atoms with E-state index in [1.165, 1.54) is 4.90 Å². The Morgan fingerprint density at radius 3 is 2.76 bits per heavy atom. The predicted octanol–water partition coefficient (Wildman–Crippen LogP) is 4.38. The smallest absolute Gasteiger partial charge is 0.407 e. The van der Waals surface area contributed by atoms with Gasteiger partial charge in [0.1, 0.15) is 0 Å². The lowest BCUT2D eigenvalue weighted by molar-refractivity contribution is 0.0484. The van der Waals surface area contributed by atoms with E-state index < -0.39 is 6.09 Å². The molecule has 2 atom stereocenters. The van der Waals surface area contributed by atoms with E-state index >= 15 is 0 Å². The Morgan fingerprint density at radius 2 is 2.03 bits per heavy atom. The summed E-state index contributed by atoms with van der Waals surface area (Å²) in [4.78, 5) is 37.0. The number of piperazine rings is 1. The van der Waals surface area contributed by atoms with Gasteiger partial charge < -0.3 is 14.9 Å². The van der Waals surface area contributed by atoms with Gasteiger partial charge in [0.2, 0.25) is 0 Å². The highest BCUT2D eigenvalue weighted by Gasteiger charge is 2.31. The number of hydrogen-bond acceptors (Lipinski definition) is 4. The lowest BCUT2D eigenvalue weighted by atomic mass is 9.84. The minimum absolute atomic E-state index is 0.114. The highest BCUT2D eigenvalue weighted by atomic mass is 35.5. The summed E-state index contributed by atoms with van der Waals surface area (Å²) in [5.41, 5.74) is 4.39. The van der Waals surface area contributed by atoms with Gasteiger partial charge >= 0.3 is 6.09 Å². The number of carbonyl (C=O) groups is 2. The zero-order valence-electron chi connectivity index (χ0n) is 18.4. The first-order valence-corrected chi connectivity index (χ1v) is 11.6. The van der Waals surface area contributed by atoms with Gasteiger partial charge in [0.25, 0.3) is 5.91 Å². The standard InChI is InChI=1S/C25H25ClN4O3/c1-15-14-29(25(32)33)10-11-30(15)24(31)17-6-8-19-22(13-17)28-21-12-16(5-7-18(21)23(19)26)20-4-2-3-9-27-20/h2-4,6,8-9,13,15-16H,5,7,10-12,14H2,1H3,(H,32,33)/t15-,16?/m0/s1. The summed E-state index contributed by atoms with van der Waals surface area (Å²) < 4.78 is 0. The molecule has 0 radical (unpaired) electrons. The Labute approximate surface area is 197 Å². The Bertz CT molecular complexity index is 1230. The van der Waals surface area contributed by atoms with Gasteiger partial charge in [-0.1, -0.05) is 23.7 Å². The molecule has 1 N–H and O–H groups in total. The third-order valence-corrected chi connectivity index (χ3v) is 7.23. The van der Waals surface area contributed by atoms with Crippen molar-refractivity contribution in [1.29, 1.82) is 0 Å². The number of pyridine rings is 2. The highest BCUT2D eigenvalue weighted by molar-refractivity contribution is 6.36. The summed E-state index contributed by atoms with van der Waals surface area (Å²) in [7, 11) is 0. The normalized spacial score (nSPS) is 20.5. The first-order valence-electron chi connectivity index (χ1n) is 11.2. The summed E-state index contributed by atoms with van der Waals surface area (Å²) in [5.74, 6) is 0.187. The molecule has 1 fully saturated rings. The number of fused-ring (bicyclic) bond motifs is 2. The fourth-order valence-corrected chi connectivity index (χ4v) is 5.35. The first-order chi connectivity index (χ1) is 15.9. The Hall–Kier alpha value is -3.19. The maximum atomic E-state index is 13.2. The quantitative estimate of drug-likeness (QED) is 0.608. The Morgan fingerprint density at radius 1 is 1.18 bits per heavy atom. The molecule has 1 aromatic carbocycles. The molecule has 2 amide bonds. The number of benzene rings is 1. The van der Waals surface area contributed by atoms with Crippen LogP contribution in [0.1, 0.15) is 46.6 Å². The van der Waals surface area contributed by atoms with Crippen molar-refractivity contribution in [3.05, 3.63) is 70.1 Å². The third-order valence-electron chi connectivity index (χ3n) is 6.80. The van der Waals surface area contributed by atoms with Gasteiger partial charge in [-0.25, -0.2) is 4.79 Å². The van der Waals surface area contributed by atoms with Crippen molar-refractivity contribution < 1.29 is 14.7 Å². The van der Waals surface area contributed by atoms with Crippen molar-refractivity contribution in [3.63, 3.8) is 0 Å². The fraction of sp³-hybridized carbons (Fsp3) is 0.360. The average Bonchev–Trinajstić information content (AvgIpc) is 2.83. The molecule has 1 aliphatic carbocycles. The van der Waals surface area contributed by atoms with E-state index in [4.69, 9.17) is 16.6 Å². The van der Waals surface area contributed by atoms with Crippen LogP contribution in [-0.4, -0.2) is 62.6 Å². The van der Waals surface area contributed by atoms with E-state index in [2.05, 4.69) is 11.1 Å². The number of halogens is 1. The summed E-state index contributed by atoms with van der Waals surface area (Å²) in [6, 6.07) is 11.3. The van der Waals surface area contributed by atoms with Crippen molar-refractivity contribution >= 4 is 34.5 Å². The molecule has 0 saturated carbocycles. The van der Waals surface area contributed by atoms with E-state index in [0.717, 1.165) is 46.6 Å². The van der Waals surface area contributed by atoms with E-state index in [1.807, 2.05) is 37.4 Å². The number of hydrogen-bond donors (Lipinski definition) is 1. The van der Waals surface area contributed by atoms with Gasteiger partial charge in [-0.15, -0.1) is 0 Å². The molecular weight excluding hydrogens is 440 g/mol. The number of nitrogens with zero attached hydrogens (tertiary/aromatic N) is 4. The van der Waals surface area contributed by atoms with Crippen molar-refractivity contribution in [3.8, 4) is 0 Å². The Kier molecular flexibility index (Phi) is 5.66. The largest absolute Gasteiger partial charge is 0.465 e. The van der Waals surface area contributed by atoms with Crippen LogP contribution in [0.4, 0.5) is 4.79 Å². The molecule has 5 rings (SSSR count). The monoisotopic (exact) mass is 464 g/mol. The lowest BCUT2D eigenvalue weighted by Crippen LogP contribution is -2.55. The minimum Gasteiger partial charge on any atom is -0.465 e. The molecule has 3 aromatic rings. The van der Waals surface area contributed by atoms with Crippen LogP contribution in [-0.2, 0) is 12.8 Å². The lowest BCUT2D eigenvalue weighted by Gasteiger charge is -2.38. The van der Waals surface area contributed by atoms with Crippen LogP contribution in [0.15, 0.2) is 42.6 Å². The second-order valence-corrected chi connectivity index (χ2v) is 9.23. The molecule has 2 aliphatic rings. The third kappa shape index (κ3) is 4.02. The van der Waals surface area contributed by atoms with Crippen LogP contribution in [0.3, 0.4) is 0 Å². The van der Waals surface area contributed by atoms with Crippen molar-refractivity contribution in [2.75, 3.05) is 19.6 Å². The predicted molar refractivity (Wildman–Crippen MR) is 126 cm³/mol. The van der Waals surface area contributed by atoms with Crippen LogP contribution >= 0.6 is 11.6 Å². The summed E-state index contributed by atoms with van der Waals surface area (Å²) >= 11 is 6.79. The Balaban J connectivity index is 1.44. The van der Waals surface area contributed by atoms with Crippen LogP contribution < -0.4 is 0 Å². The van der Waals surface area contributed by atoms with E-state index in [9.17, 15) is 14.7 Å².